The normalized spacial score (nSPS) is 16.6. The van der Waals surface area contributed by atoms with E-state index < -0.39 is 17.6 Å². The highest BCUT2D eigenvalue weighted by atomic mass is 35.5. The second-order valence-electron chi connectivity index (χ2n) is 17.1. The quantitative estimate of drug-likeness (QED) is 0.0167. The Labute approximate surface area is 397 Å². The van der Waals surface area contributed by atoms with Crippen LogP contribution in [0.3, 0.4) is 0 Å². The van der Waals surface area contributed by atoms with Gasteiger partial charge in [0.05, 0.1) is 5.69 Å². The Morgan fingerprint density at radius 3 is 2.32 bits per heavy atom. The van der Waals surface area contributed by atoms with E-state index in [0.29, 0.717) is 29.5 Å². The summed E-state index contributed by atoms with van der Waals surface area (Å²) >= 11 is 7.19. The van der Waals surface area contributed by atoms with Crippen molar-refractivity contribution in [1.29, 1.82) is 0 Å². The number of alkyl halides is 3. The standard InChI is InChI=1S/C51H65ClF3N5O3S2/c1-3-5-6-10-27-58(26-4-2)28-25-44(37-64-46-11-8-7-9-12-46)57-48-24-18-41(34-49(48)62-63-65-51(53,54)55)50(61)40-16-21-45(22-17-40)60-31-29-59(30-32-60)36-42-33-38(35-56)13-23-47(42)39-14-19-43(52)20-15-39/h7-9,11-12,14-22,24,34,38,44,57H,3-6,10,13,23,25-33,35-37,56H2,1-2H3. The predicted octanol–water partition coefficient (Wildman–Crippen LogP) is 12.6. The number of thioether (sulfide) groups is 1. The van der Waals surface area contributed by atoms with Crippen molar-refractivity contribution in [2.24, 2.45) is 11.7 Å². The van der Waals surface area contributed by atoms with Crippen LogP contribution in [0.2, 0.25) is 5.02 Å². The van der Waals surface area contributed by atoms with Crippen molar-refractivity contribution in [3.05, 3.63) is 124 Å². The molecule has 1 heterocycles. The van der Waals surface area contributed by atoms with Crippen LogP contribution in [0.5, 0.6) is 5.75 Å². The molecular formula is C51H65ClF3N5O3S2. The van der Waals surface area contributed by atoms with E-state index in [1.165, 1.54) is 42.0 Å². The van der Waals surface area contributed by atoms with E-state index in [-0.39, 0.29) is 23.1 Å². The molecule has 0 saturated carbocycles. The van der Waals surface area contributed by atoms with E-state index >= 15 is 0 Å². The highest BCUT2D eigenvalue weighted by Gasteiger charge is 2.32. The first kappa shape index (κ1) is 50.7. The topological polar surface area (TPSA) is 83.3 Å². The molecule has 2 unspecified atom stereocenters. The van der Waals surface area contributed by atoms with Gasteiger partial charge in [0.1, 0.15) is 0 Å². The maximum absolute atomic E-state index is 14.0. The molecule has 4 aromatic carbocycles. The summed E-state index contributed by atoms with van der Waals surface area (Å²) in [7, 11) is 0. The van der Waals surface area contributed by atoms with Gasteiger partial charge in [-0.3, -0.25) is 9.69 Å². The van der Waals surface area contributed by atoms with E-state index in [1.807, 2.05) is 54.6 Å². The van der Waals surface area contributed by atoms with Gasteiger partial charge in [0.15, 0.2) is 23.6 Å². The number of carbonyl (C=O) groups excluding carboxylic acids is 1. The Bertz CT molecular complexity index is 2090. The molecule has 6 rings (SSSR count). The molecule has 0 spiro atoms. The van der Waals surface area contributed by atoms with Crippen molar-refractivity contribution in [1.82, 2.24) is 9.80 Å². The molecule has 0 amide bonds. The van der Waals surface area contributed by atoms with Crippen LogP contribution < -0.4 is 20.8 Å². The van der Waals surface area contributed by atoms with Crippen molar-refractivity contribution in [3.63, 3.8) is 0 Å². The number of rotatable bonds is 25. The lowest BCUT2D eigenvalue weighted by Gasteiger charge is -2.38. The number of nitrogens with two attached hydrogens (primary N) is 1. The lowest BCUT2D eigenvalue weighted by Crippen LogP contribution is -2.47. The third-order valence-corrected chi connectivity index (χ3v) is 14.0. The van der Waals surface area contributed by atoms with Crippen LogP contribution in [-0.2, 0) is 4.33 Å². The summed E-state index contributed by atoms with van der Waals surface area (Å²) in [6, 6.07) is 30.6. The number of carbonyl (C=O) groups is 1. The molecular weight excluding hydrogens is 887 g/mol. The number of hydrogen-bond donors (Lipinski definition) is 2. The van der Waals surface area contributed by atoms with Gasteiger partial charge in [0.2, 0.25) is 0 Å². The molecule has 2 atom stereocenters. The minimum absolute atomic E-state index is 0.00427. The van der Waals surface area contributed by atoms with Crippen LogP contribution >= 0.6 is 35.4 Å². The van der Waals surface area contributed by atoms with E-state index in [9.17, 15) is 18.0 Å². The van der Waals surface area contributed by atoms with Gasteiger partial charge < -0.3 is 25.7 Å². The van der Waals surface area contributed by atoms with Crippen LogP contribution in [0.4, 0.5) is 24.5 Å². The number of hydrogen-bond acceptors (Lipinski definition) is 10. The number of benzene rings is 4. The fourth-order valence-corrected chi connectivity index (χ4v) is 10.0. The number of piperazine rings is 1. The summed E-state index contributed by atoms with van der Waals surface area (Å²) in [5.41, 5.74) is 7.82. The third-order valence-electron chi connectivity index (χ3n) is 12.3. The Hall–Kier alpha value is -3.69. The van der Waals surface area contributed by atoms with Crippen molar-refractivity contribution >= 4 is 58.1 Å². The molecule has 2 aliphatic rings. The van der Waals surface area contributed by atoms with Gasteiger partial charge in [0.25, 0.3) is 0 Å². The van der Waals surface area contributed by atoms with Gasteiger partial charge in [-0.2, -0.15) is 13.2 Å². The van der Waals surface area contributed by atoms with Crippen LogP contribution in [0.15, 0.2) is 108 Å². The first-order chi connectivity index (χ1) is 31.5. The summed E-state index contributed by atoms with van der Waals surface area (Å²) in [5.74, 6) is 0.938. The summed E-state index contributed by atoms with van der Waals surface area (Å²) in [6.45, 7) is 12.4. The molecule has 1 fully saturated rings. The van der Waals surface area contributed by atoms with Gasteiger partial charge >= 0.3 is 5.51 Å². The molecule has 1 aliphatic carbocycles. The smallest absolute Gasteiger partial charge is 0.378 e. The number of nitrogens with one attached hydrogen (secondary N) is 1. The lowest BCUT2D eigenvalue weighted by molar-refractivity contribution is -0.106. The van der Waals surface area contributed by atoms with Gasteiger partial charge in [-0.05, 0) is 142 Å². The largest absolute Gasteiger partial charge is 0.471 e. The molecule has 8 nitrogen and oxygen atoms in total. The van der Waals surface area contributed by atoms with Crippen LogP contribution in [0.1, 0.15) is 93.1 Å². The van der Waals surface area contributed by atoms with E-state index in [4.69, 9.17) is 22.2 Å². The van der Waals surface area contributed by atoms with E-state index in [1.54, 1.807) is 23.9 Å². The Kier molecular flexibility index (Phi) is 20.3. The third kappa shape index (κ3) is 16.3. The van der Waals surface area contributed by atoms with Gasteiger partial charge in [0, 0.05) is 77.8 Å². The Morgan fingerprint density at radius 2 is 1.63 bits per heavy atom. The number of halogens is 4. The molecule has 0 bridgehead atoms. The maximum atomic E-state index is 14.0. The first-order valence-corrected chi connectivity index (χ1v) is 25.3. The second kappa shape index (κ2) is 26.0. The van der Waals surface area contributed by atoms with Crippen LogP contribution in [0.25, 0.3) is 5.57 Å². The molecule has 0 aromatic heterocycles. The minimum atomic E-state index is -4.67. The summed E-state index contributed by atoms with van der Waals surface area (Å²) in [5, 5.41) is 4.30. The van der Waals surface area contributed by atoms with Crippen molar-refractivity contribution in [2.75, 3.05) is 74.9 Å². The van der Waals surface area contributed by atoms with Gasteiger partial charge in [-0.1, -0.05) is 80.6 Å². The van der Waals surface area contributed by atoms with Crippen molar-refractivity contribution in [3.8, 4) is 5.75 Å². The predicted molar refractivity (Wildman–Crippen MR) is 265 cm³/mol. The molecule has 3 N–H and O–H groups in total. The average molecular weight is 953 g/mol. The highest BCUT2D eigenvalue weighted by Crippen LogP contribution is 2.37. The number of unbranched alkanes of at least 4 members (excludes halogenated alkanes) is 3. The molecule has 65 heavy (non-hydrogen) atoms. The van der Waals surface area contributed by atoms with Crippen LogP contribution in [-0.4, -0.2) is 91.8 Å². The SMILES string of the molecule is CCCCCCN(CCC)CCC(CSc1ccccc1)Nc1ccc(C(=O)c2ccc(N3CCN(CC4=C(c5ccc(Cl)cc5)CCC(CN)C4)CC3)cc2)cc1OOSC(F)(F)F. The monoisotopic (exact) mass is 951 g/mol. The molecule has 352 valence electrons. The first-order valence-electron chi connectivity index (χ1n) is 23.2. The number of nitrogens with zero attached hydrogens (tertiary/aromatic N) is 3. The zero-order chi connectivity index (χ0) is 46.0. The van der Waals surface area contributed by atoms with E-state index in [0.717, 1.165) is 106 Å². The summed E-state index contributed by atoms with van der Waals surface area (Å²) in [6.07, 6.45) is 9.75. The summed E-state index contributed by atoms with van der Waals surface area (Å²) in [4.78, 5) is 27.8. The molecule has 1 saturated heterocycles. The second-order valence-corrected chi connectivity index (χ2v) is 19.4. The molecule has 1 aliphatic heterocycles. The van der Waals surface area contributed by atoms with Gasteiger partial charge in [-0.25, -0.2) is 0 Å². The van der Waals surface area contributed by atoms with Gasteiger partial charge in [-0.15, -0.1) is 16.1 Å². The Balaban J connectivity index is 1.12. The highest BCUT2D eigenvalue weighted by molar-refractivity contribution is 7.99. The molecule has 14 heteroatoms. The minimum Gasteiger partial charge on any atom is -0.378 e. The number of allylic oxidation sites excluding steroid dienone is 1. The van der Waals surface area contributed by atoms with Crippen LogP contribution in [0, 0.1) is 5.92 Å². The summed E-state index contributed by atoms with van der Waals surface area (Å²) < 4.78 is 44.2. The Morgan fingerprint density at radius 1 is 0.892 bits per heavy atom. The zero-order valence-corrected chi connectivity index (χ0v) is 40.2. The fourth-order valence-electron chi connectivity index (χ4n) is 8.71. The zero-order valence-electron chi connectivity index (χ0n) is 37.8. The number of ketones is 1. The maximum Gasteiger partial charge on any atom is 0.471 e. The number of anilines is 2. The van der Waals surface area contributed by atoms with Crippen molar-refractivity contribution in [2.45, 2.75) is 88.1 Å². The van der Waals surface area contributed by atoms with Crippen molar-refractivity contribution < 1.29 is 27.2 Å². The average Bonchev–Trinajstić information content (AvgIpc) is 3.32. The fraction of sp³-hybridized carbons (Fsp3) is 0.471. The molecule has 4 aromatic rings. The lowest BCUT2D eigenvalue weighted by atomic mass is 9.81. The van der Waals surface area contributed by atoms with E-state index in [2.05, 4.69) is 62.5 Å². The molecule has 0 radical (unpaired) electrons.